The van der Waals surface area contributed by atoms with Gasteiger partial charge >= 0.3 is 18.1 Å². The van der Waals surface area contributed by atoms with Gasteiger partial charge in [0.15, 0.2) is 5.96 Å². The lowest BCUT2D eigenvalue weighted by Gasteiger charge is -2.38. The highest BCUT2D eigenvalue weighted by atomic mass is 35.5. The molecule has 13 heteroatoms. The van der Waals surface area contributed by atoms with Gasteiger partial charge in [0.1, 0.15) is 5.82 Å². The average Bonchev–Trinajstić information content (AvgIpc) is 2.93. The molecule has 3 N–H and O–H groups in total. The first-order valence-electron chi connectivity index (χ1n) is 12.3. The Morgan fingerprint density at radius 3 is 2.07 bits per heavy atom. The van der Waals surface area contributed by atoms with Gasteiger partial charge in [-0.05, 0) is 66.6 Å². The van der Waals surface area contributed by atoms with E-state index in [0.29, 0.717) is 12.5 Å². The van der Waals surface area contributed by atoms with Crippen molar-refractivity contribution in [3.8, 4) is 0 Å². The highest BCUT2D eigenvalue weighted by Crippen LogP contribution is 2.25. The number of hydrogen-bond acceptors (Lipinski definition) is 4. The molecule has 0 aromatic heterocycles. The fourth-order valence-electron chi connectivity index (χ4n) is 3.88. The molecule has 41 heavy (non-hydrogen) atoms. The molecule has 0 spiro atoms. The Labute approximate surface area is 238 Å². The number of halogens is 5. The van der Waals surface area contributed by atoms with E-state index < -0.39 is 18.1 Å². The SMILES string of the molecule is Cc1ccc(Cl)cc1N1CCN(C(=NCc2ccc(F)cc2)Nc2ccc(C(=O)O)cc2)CC1.O=C(O)C(F)(F)F. The number of rotatable bonds is 5. The summed E-state index contributed by atoms with van der Waals surface area (Å²) in [5.41, 5.74) is 4.18. The molecule has 1 fully saturated rings. The number of alkyl halides is 3. The zero-order valence-corrected chi connectivity index (χ0v) is 22.6. The number of aliphatic imine (C=N–C) groups is 1. The van der Waals surface area contributed by atoms with Crippen LogP contribution in [-0.4, -0.2) is 65.4 Å². The standard InChI is InChI=1S/C26H26ClFN4O2.C2HF3O2/c1-18-2-7-21(27)16-24(18)31-12-14-32(15-13-31)26(29-17-19-3-8-22(28)9-4-19)30-23-10-5-20(6-11-23)25(33)34;3-2(4,5)1(6)7/h2-11,16H,12-15,17H2,1H3,(H,29,30)(H,33,34);(H,6,7). The molecule has 4 rings (SSSR count). The average molecular weight is 595 g/mol. The van der Waals surface area contributed by atoms with Gasteiger partial charge in [-0.2, -0.15) is 13.2 Å². The van der Waals surface area contributed by atoms with Crippen molar-refractivity contribution in [2.24, 2.45) is 4.99 Å². The molecule has 1 aliphatic rings. The summed E-state index contributed by atoms with van der Waals surface area (Å²) < 4.78 is 45.0. The van der Waals surface area contributed by atoms with Crippen LogP contribution in [0.4, 0.5) is 28.9 Å². The number of aryl methyl sites for hydroxylation is 1. The first kappa shape index (κ1) is 31.2. The van der Waals surface area contributed by atoms with Crippen molar-refractivity contribution < 1.29 is 37.4 Å². The van der Waals surface area contributed by atoms with E-state index in [1.165, 1.54) is 17.7 Å². The van der Waals surface area contributed by atoms with Gasteiger partial charge in [0.2, 0.25) is 0 Å². The largest absolute Gasteiger partial charge is 0.490 e. The predicted molar refractivity (Wildman–Crippen MR) is 148 cm³/mol. The second-order valence-corrected chi connectivity index (χ2v) is 9.42. The first-order valence-corrected chi connectivity index (χ1v) is 12.7. The van der Waals surface area contributed by atoms with E-state index in [1.807, 2.05) is 18.2 Å². The van der Waals surface area contributed by atoms with Gasteiger partial charge in [0.05, 0.1) is 12.1 Å². The maximum Gasteiger partial charge on any atom is 0.490 e. The van der Waals surface area contributed by atoms with Crippen molar-refractivity contribution in [3.05, 3.63) is 94.3 Å². The van der Waals surface area contributed by atoms with Crippen molar-refractivity contribution in [1.82, 2.24) is 4.90 Å². The molecule has 1 aliphatic heterocycles. The first-order chi connectivity index (χ1) is 19.3. The summed E-state index contributed by atoms with van der Waals surface area (Å²) >= 11 is 6.22. The fraction of sp³-hybridized carbons (Fsp3) is 0.250. The lowest BCUT2D eigenvalue weighted by Crippen LogP contribution is -2.51. The number of hydrogen-bond donors (Lipinski definition) is 3. The van der Waals surface area contributed by atoms with Crippen LogP contribution in [0.1, 0.15) is 21.5 Å². The van der Waals surface area contributed by atoms with Crippen LogP contribution in [0, 0.1) is 12.7 Å². The third-order valence-electron chi connectivity index (χ3n) is 6.05. The van der Waals surface area contributed by atoms with Gasteiger partial charge in [0.25, 0.3) is 0 Å². The second kappa shape index (κ2) is 13.8. The molecular formula is C28H27ClF4N4O4. The van der Waals surface area contributed by atoms with Gasteiger partial charge in [-0.15, -0.1) is 0 Å². The number of carbonyl (C=O) groups is 2. The minimum Gasteiger partial charge on any atom is -0.478 e. The molecule has 1 heterocycles. The molecule has 1 saturated heterocycles. The maximum atomic E-state index is 13.3. The van der Waals surface area contributed by atoms with E-state index >= 15 is 0 Å². The normalized spacial score (nSPS) is 13.8. The molecule has 218 valence electrons. The smallest absolute Gasteiger partial charge is 0.478 e. The van der Waals surface area contributed by atoms with Crippen molar-refractivity contribution in [2.75, 3.05) is 36.4 Å². The Morgan fingerprint density at radius 1 is 0.951 bits per heavy atom. The van der Waals surface area contributed by atoms with E-state index in [2.05, 4.69) is 22.0 Å². The second-order valence-electron chi connectivity index (χ2n) is 8.98. The molecule has 3 aromatic carbocycles. The van der Waals surface area contributed by atoms with E-state index in [0.717, 1.165) is 48.1 Å². The molecule has 0 bridgehead atoms. The molecule has 8 nitrogen and oxygen atoms in total. The number of guanidine groups is 1. The van der Waals surface area contributed by atoms with Crippen LogP contribution < -0.4 is 10.2 Å². The van der Waals surface area contributed by atoms with E-state index in [4.69, 9.17) is 31.6 Å². The predicted octanol–water partition coefficient (Wildman–Crippen LogP) is 5.91. The zero-order chi connectivity index (χ0) is 30.2. The molecule has 0 radical (unpaired) electrons. The van der Waals surface area contributed by atoms with Crippen LogP contribution >= 0.6 is 11.6 Å². The van der Waals surface area contributed by atoms with Gasteiger partial charge in [0, 0.05) is 42.6 Å². The summed E-state index contributed by atoms with van der Waals surface area (Å²) in [4.78, 5) is 29.3. The summed E-state index contributed by atoms with van der Waals surface area (Å²) in [6, 6.07) is 18.8. The van der Waals surface area contributed by atoms with Crippen molar-refractivity contribution >= 4 is 40.9 Å². The third kappa shape index (κ3) is 9.38. The highest BCUT2D eigenvalue weighted by Gasteiger charge is 2.38. The summed E-state index contributed by atoms with van der Waals surface area (Å²) in [5, 5.41) is 20.3. The quantitative estimate of drug-likeness (QED) is 0.192. The molecule has 0 aliphatic carbocycles. The lowest BCUT2D eigenvalue weighted by molar-refractivity contribution is -0.192. The molecule has 0 atom stereocenters. The van der Waals surface area contributed by atoms with E-state index in [9.17, 15) is 22.4 Å². The molecule has 0 amide bonds. The number of carboxylic acid groups (broad SMARTS) is 2. The van der Waals surface area contributed by atoms with Crippen LogP contribution in [0.2, 0.25) is 5.02 Å². The number of carboxylic acids is 2. The summed E-state index contributed by atoms with van der Waals surface area (Å²) in [5.74, 6) is -3.32. The Hall–Kier alpha value is -4.32. The highest BCUT2D eigenvalue weighted by molar-refractivity contribution is 6.30. The summed E-state index contributed by atoms with van der Waals surface area (Å²) in [7, 11) is 0. The number of aromatic carboxylic acids is 1. The molecule has 0 unspecified atom stereocenters. The van der Waals surface area contributed by atoms with E-state index in [-0.39, 0.29) is 11.4 Å². The van der Waals surface area contributed by atoms with E-state index in [1.54, 1.807) is 36.4 Å². The van der Waals surface area contributed by atoms with Gasteiger partial charge in [-0.3, -0.25) is 0 Å². The number of anilines is 2. The minimum absolute atomic E-state index is 0.223. The van der Waals surface area contributed by atoms with Crippen LogP contribution in [0.3, 0.4) is 0 Å². The van der Waals surface area contributed by atoms with Crippen LogP contribution in [0.5, 0.6) is 0 Å². The summed E-state index contributed by atoms with van der Waals surface area (Å²) in [6.07, 6.45) is -5.08. The number of aliphatic carboxylic acids is 1. The Kier molecular flexibility index (Phi) is 10.5. The number of benzene rings is 3. The Morgan fingerprint density at radius 2 is 1.54 bits per heavy atom. The van der Waals surface area contributed by atoms with Crippen molar-refractivity contribution in [2.45, 2.75) is 19.6 Å². The van der Waals surface area contributed by atoms with Crippen LogP contribution in [0.15, 0.2) is 71.7 Å². The van der Waals surface area contributed by atoms with Crippen molar-refractivity contribution in [1.29, 1.82) is 0 Å². The maximum absolute atomic E-state index is 13.3. The molecular weight excluding hydrogens is 568 g/mol. The van der Waals surface area contributed by atoms with Crippen LogP contribution in [0.25, 0.3) is 0 Å². The topological polar surface area (TPSA) is 105 Å². The Bertz CT molecular complexity index is 1380. The molecule has 0 saturated carbocycles. The number of piperazine rings is 1. The monoisotopic (exact) mass is 594 g/mol. The molecule has 3 aromatic rings. The van der Waals surface area contributed by atoms with Gasteiger partial charge in [-0.1, -0.05) is 29.8 Å². The summed E-state index contributed by atoms with van der Waals surface area (Å²) in [6.45, 7) is 5.56. The van der Waals surface area contributed by atoms with Gasteiger partial charge in [-0.25, -0.2) is 19.0 Å². The number of nitrogens with zero attached hydrogens (tertiary/aromatic N) is 3. The minimum atomic E-state index is -5.08. The van der Waals surface area contributed by atoms with Crippen LogP contribution in [-0.2, 0) is 11.3 Å². The van der Waals surface area contributed by atoms with Gasteiger partial charge < -0.3 is 25.3 Å². The Balaban J connectivity index is 0.000000587. The number of nitrogens with one attached hydrogen (secondary N) is 1. The lowest BCUT2D eigenvalue weighted by atomic mass is 10.1. The van der Waals surface area contributed by atoms with Crippen molar-refractivity contribution in [3.63, 3.8) is 0 Å². The third-order valence-corrected chi connectivity index (χ3v) is 6.28. The fourth-order valence-corrected chi connectivity index (χ4v) is 4.05. The zero-order valence-electron chi connectivity index (χ0n) is 21.8.